The highest BCUT2D eigenvalue weighted by Crippen LogP contribution is 2.55. The largest absolute Gasteiger partial charge is 0.371 e. The van der Waals surface area contributed by atoms with E-state index in [2.05, 4.69) is 15.0 Å². The molecule has 4 N–H and O–H groups in total. The van der Waals surface area contributed by atoms with Gasteiger partial charge in [0.05, 0.1) is 12.9 Å². The Bertz CT molecular complexity index is 981. The van der Waals surface area contributed by atoms with Gasteiger partial charge in [-0.3, -0.25) is 18.9 Å². The van der Waals surface area contributed by atoms with Crippen molar-refractivity contribution in [3.8, 4) is 0 Å². The number of fused-ring (bicyclic) bond motifs is 3. The number of nitrogen functional groups attached to an aromatic ring is 1. The van der Waals surface area contributed by atoms with Gasteiger partial charge in [-0.2, -0.15) is 4.98 Å². The van der Waals surface area contributed by atoms with Gasteiger partial charge in [0, 0.05) is 13.5 Å². The molecule has 148 valence electrons. The fraction of sp³-hybridized carbons (Fsp3) is 0.643. The number of ether oxygens (including phenoxy) is 2. The first-order chi connectivity index (χ1) is 12.8. The average molecular weight is 417 g/mol. The summed E-state index contributed by atoms with van der Waals surface area (Å²) in [6.45, 7) is -1.02. The Balaban J connectivity index is 1.79. The number of aromatic nitrogens is 4. The zero-order valence-corrected chi connectivity index (χ0v) is 16.4. The van der Waals surface area contributed by atoms with Gasteiger partial charge in [0.15, 0.2) is 17.4 Å². The predicted molar refractivity (Wildman–Crippen MR) is 98.4 cm³/mol. The smallest absolute Gasteiger partial charge is 0.324 e. The summed E-state index contributed by atoms with van der Waals surface area (Å²) in [4.78, 5) is 33.0. The van der Waals surface area contributed by atoms with Crippen molar-refractivity contribution in [3.05, 3.63) is 16.7 Å². The number of nitrogens with one attached hydrogen (secondary N) is 1. The highest BCUT2D eigenvalue weighted by atomic mass is 32.5. The number of H-pyrrole nitrogens is 1. The van der Waals surface area contributed by atoms with Gasteiger partial charge in [0.1, 0.15) is 17.8 Å². The zero-order chi connectivity index (χ0) is 19.4. The quantitative estimate of drug-likeness (QED) is 0.585. The molecular weight excluding hydrogens is 397 g/mol. The predicted octanol–water partition coefficient (Wildman–Crippen LogP) is 0.417. The van der Waals surface area contributed by atoms with Crippen molar-refractivity contribution in [2.24, 2.45) is 0 Å². The van der Waals surface area contributed by atoms with Crippen LogP contribution in [0.3, 0.4) is 0 Å². The molecule has 2 saturated heterocycles. The van der Waals surface area contributed by atoms with Crippen LogP contribution in [0.4, 0.5) is 5.95 Å². The van der Waals surface area contributed by atoms with Crippen LogP contribution >= 0.6 is 6.72 Å². The number of imidazole rings is 1. The normalized spacial score (nSPS) is 32.6. The molecule has 2 bridgehead atoms. The van der Waals surface area contributed by atoms with Crippen LogP contribution in [0.2, 0.25) is 0 Å². The van der Waals surface area contributed by atoms with Crippen LogP contribution in [0.25, 0.3) is 11.2 Å². The number of aromatic amines is 1. The van der Waals surface area contributed by atoms with E-state index < -0.39 is 36.3 Å². The molecule has 0 amide bonds. The molecule has 4 rings (SSSR count). The van der Waals surface area contributed by atoms with E-state index in [-0.39, 0.29) is 17.1 Å². The lowest BCUT2D eigenvalue weighted by atomic mass is 9.87. The van der Waals surface area contributed by atoms with Crippen LogP contribution in [-0.4, -0.2) is 55.9 Å². The summed E-state index contributed by atoms with van der Waals surface area (Å²) in [6.07, 6.45) is 0.700. The molecular formula is C14H20N5O6PS. The van der Waals surface area contributed by atoms with Gasteiger partial charge in [-0.05, 0) is 18.2 Å². The summed E-state index contributed by atoms with van der Waals surface area (Å²) in [7, 11) is 1.30. The number of hydrogen-bond acceptors (Lipinski definition) is 9. The summed E-state index contributed by atoms with van der Waals surface area (Å²) in [5.74, 6) is -0.0283. The maximum absolute atomic E-state index is 12.1. The number of anilines is 1. The van der Waals surface area contributed by atoms with Crippen molar-refractivity contribution >= 4 is 35.6 Å². The van der Waals surface area contributed by atoms with Crippen LogP contribution in [0.1, 0.15) is 26.0 Å². The molecule has 2 fully saturated rings. The van der Waals surface area contributed by atoms with Crippen molar-refractivity contribution in [3.63, 3.8) is 0 Å². The highest BCUT2D eigenvalue weighted by molar-refractivity contribution is 8.07. The molecule has 0 aliphatic carbocycles. The minimum Gasteiger partial charge on any atom is -0.371 e. The second-order valence-electron chi connectivity index (χ2n) is 6.46. The van der Waals surface area contributed by atoms with E-state index in [0.29, 0.717) is 19.4 Å². The molecule has 27 heavy (non-hydrogen) atoms. The van der Waals surface area contributed by atoms with Crippen molar-refractivity contribution < 1.29 is 23.4 Å². The fourth-order valence-electron chi connectivity index (χ4n) is 3.71. The molecule has 0 spiro atoms. The first-order valence-corrected chi connectivity index (χ1v) is 11.0. The molecule has 2 aromatic heterocycles. The van der Waals surface area contributed by atoms with E-state index >= 15 is 0 Å². The summed E-state index contributed by atoms with van der Waals surface area (Å²) >= 11 is 5.02. The first-order valence-electron chi connectivity index (χ1n) is 8.39. The Morgan fingerprint density at radius 2 is 2.41 bits per heavy atom. The third-order valence-corrected chi connectivity index (χ3v) is 6.75. The topological polar surface area (TPSA) is 147 Å². The van der Waals surface area contributed by atoms with E-state index in [1.54, 1.807) is 4.57 Å². The molecule has 0 radical (unpaired) electrons. The Morgan fingerprint density at radius 1 is 1.63 bits per heavy atom. The van der Waals surface area contributed by atoms with Gasteiger partial charge in [-0.25, -0.2) is 4.98 Å². The molecule has 0 saturated carbocycles. The monoisotopic (exact) mass is 417 g/mol. The molecule has 5 atom stereocenters. The van der Waals surface area contributed by atoms with Crippen LogP contribution in [-0.2, 0) is 30.3 Å². The molecule has 13 heteroatoms. The van der Waals surface area contributed by atoms with Crippen molar-refractivity contribution in [2.75, 3.05) is 19.5 Å². The minimum atomic E-state index is -3.44. The Hall–Kier alpha value is -1.40. The number of rotatable bonds is 5. The van der Waals surface area contributed by atoms with E-state index in [1.165, 1.54) is 13.4 Å². The minimum absolute atomic E-state index is 0.0283. The maximum atomic E-state index is 12.1. The lowest BCUT2D eigenvalue weighted by molar-refractivity contribution is -0.116. The van der Waals surface area contributed by atoms with Crippen LogP contribution in [0.5, 0.6) is 0 Å². The van der Waals surface area contributed by atoms with Crippen molar-refractivity contribution in [2.45, 2.75) is 43.8 Å². The third kappa shape index (κ3) is 3.01. The summed E-state index contributed by atoms with van der Waals surface area (Å²) < 4.78 is 24.5. The summed E-state index contributed by atoms with van der Waals surface area (Å²) in [5.41, 5.74) is 4.93. The van der Waals surface area contributed by atoms with Crippen LogP contribution in [0, 0.1) is 0 Å². The summed E-state index contributed by atoms with van der Waals surface area (Å²) in [5, 5.41) is 0. The Morgan fingerprint density at radius 3 is 3.11 bits per heavy atom. The second-order valence-corrected chi connectivity index (χ2v) is 9.36. The van der Waals surface area contributed by atoms with Gasteiger partial charge >= 0.3 is 6.72 Å². The first kappa shape index (κ1) is 18.9. The van der Waals surface area contributed by atoms with Crippen LogP contribution < -0.4 is 11.3 Å². The second kappa shape index (κ2) is 6.59. The van der Waals surface area contributed by atoms with E-state index in [4.69, 9.17) is 36.1 Å². The fourth-order valence-corrected chi connectivity index (χ4v) is 4.67. The van der Waals surface area contributed by atoms with Gasteiger partial charge in [-0.1, -0.05) is 6.92 Å². The molecule has 0 aromatic carbocycles. The lowest BCUT2D eigenvalue weighted by Crippen LogP contribution is -2.49. The Kier molecular flexibility index (Phi) is 4.62. The van der Waals surface area contributed by atoms with Crippen LogP contribution in [0.15, 0.2) is 11.1 Å². The van der Waals surface area contributed by atoms with Gasteiger partial charge in [0.2, 0.25) is 5.95 Å². The van der Waals surface area contributed by atoms with E-state index in [9.17, 15) is 9.69 Å². The third-order valence-electron chi connectivity index (χ3n) is 5.09. The number of hydrogen-bond donors (Lipinski definition) is 3. The Labute approximate surface area is 159 Å². The van der Waals surface area contributed by atoms with Crippen molar-refractivity contribution in [1.29, 1.82) is 0 Å². The highest BCUT2D eigenvalue weighted by Gasteiger charge is 2.60. The molecule has 2 aliphatic heterocycles. The molecule has 2 aromatic rings. The molecule has 2 aliphatic rings. The lowest BCUT2D eigenvalue weighted by Gasteiger charge is -2.38. The number of nitrogens with zero attached hydrogens (tertiary/aromatic N) is 3. The van der Waals surface area contributed by atoms with E-state index in [0.717, 1.165) is 0 Å². The van der Waals surface area contributed by atoms with E-state index in [1.807, 2.05) is 6.92 Å². The summed E-state index contributed by atoms with van der Waals surface area (Å²) in [6, 6.07) is 0. The van der Waals surface area contributed by atoms with Gasteiger partial charge in [0.25, 0.3) is 5.56 Å². The molecule has 2 unspecified atom stereocenters. The van der Waals surface area contributed by atoms with Crippen molar-refractivity contribution in [1.82, 2.24) is 19.5 Å². The van der Waals surface area contributed by atoms with Gasteiger partial charge in [-0.15, -0.1) is 0 Å². The zero-order valence-electron chi connectivity index (χ0n) is 14.7. The average Bonchev–Trinajstić information content (AvgIpc) is 3.09. The SMILES string of the molecule is CC[C@@]12CCOC([C@H](n3cnc4c(=O)[nH]c(N)nc43)O1)[C@H]2OP(O)(=S)OC. The molecule has 11 nitrogen and oxygen atoms in total. The maximum Gasteiger partial charge on any atom is 0.324 e. The molecule has 4 heterocycles. The van der Waals surface area contributed by atoms with Gasteiger partial charge < -0.3 is 24.6 Å². The standard InChI is InChI=1S/C14H20N5O6PS/c1-3-14-4-5-23-8(9(14)25-26(21,27)22-2)12(24-14)19-6-16-7-10(19)17-13(15)18-11(7)20/h6,8-9,12H,3-5H2,1-2H3,(H,21,27)(H3,15,17,18,20)/t8?,9-,12-,14+,26?/m1/s1. The number of nitrogens with two attached hydrogens (primary N) is 1.